The van der Waals surface area contributed by atoms with Crippen LogP contribution >= 0.6 is 0 Å². The number of anilines is 2. The summed E-state index contributed by atoms with van der Waals surface area (Å²) in [7, 11) is -2.36. The van der Waals surface area contributed by atoms with Gasteiger partial charge in [-0.25, -0.2) is 8.42 Å². The molecular formula is C21H26N2O4S. The van der Waals surface area contributed by atoms with Gasteiger partial charge in [0.05, 0.1) is 7.11 Å². The van der Waals surface area contributed by atoms with Crippen LogP contribution in [0.15, 0.2) is 41.3 Å². The third-order valence-electron chi connectivity index (χ3n) is 4.72. The highest BCUT2D eigenvalue weighted by Gasteiger charge is 2.32. The number of aryl methyl sites for hydroxylation is 1. The van der Waals surface area contributed by atoms with Crippen molar-refractivity contribution in [2.45, 2.75) is 39.0 Å². The molecule has 0 aliphatic carbocycles. The summed E-state index contributed by atoms with van der Waals surface area (Å²) in [6.07, 6.45) is 0.695. The number of nitrogens with one attached hydrogen (secondary N) is 1. The average Bonchev–Trinajstić information content (AvgIpc) is 3.02. The van der Waals surface area contributed by atoms with Crippen molar-refractivity contribution in [2.24, 2.45) is 5.41 Å². The maximum atomic E-state index is 12.9. The Morgan fingerprint density at radius 3 is 2.50 bits per heavy atom. The van der Waals surface area contributed by atoms with Crippen LogP contribution in [0, 0.1) is 12.3 Å². The molecule has 6 nitrogen and oxygen atoms in total. The Kier molecular flexibility index (Phi) is 5.14. The summed E-state index contributed by atoms with van der Waals surface area (Å²) in [5.74, 6) is 0.352. The molecule has 0 radical (unpaired) electrons. The van der Waals surface area contributed by atoms with Crippen LogP contribution in [-0.2, 0) is 21.2 Å². The molecule has 7 heteroatoms. The molecule has 1 heterocycles. The first kappa shape index (κ1) is 20.2. The van der Waals surface area contributed by atoms with Gasteiger partial charge in [-0.2, -0.15) is 0 Å². The van der Waals surface area contributed by atoms with Crippen molar-refractivity contribution in [3.63, 3.8) is 0 Å². The maximum absolute atomic E-state index is 12.9. The number of rotatable bonds is 4. The second-order valence-electron chi connectivity index (χ2n) is 8.06. The third kappa shape index (κ3) is 3.85. The van der Waals surface area contributed by atoms with Gasteiger partial charge in [-0.05, 0) is 54.8 Å². The van der Waals surface area contributed by atoms with E-state index in [1.165, 1.54) is 7.11 Å². The second-order valence-corrected chi connectivity index (χ2v) is 9.71. The molecule has 28 heavy (non-hydrogen) atoms. The lowest BCUT2D eigenvalue weighted by Crippen LogP contribution is -2.38. The molecule has 0 spiro atoms. The van der Waals surface area contributed by atoms with Gasteiger partial charge in [-0.1, -0.05) is 26.8 Å². The minimum absolute atomic E-state index is 0.0593. The van der Waals surface area contributed by atoms with Crippen molar-refractivity contribution in [1.29, 1.82) is 0 Å². The summed E-state index contributed by atoms with van der Waals surface area (Å²) in [6.45, 7) is 8.11. The highest BCUT2D eigenvalue weighted by atomic mass is 32.2. The number of hydrogen-bond acceptors (Lipinski definition) is 4. The van der Waals surface area contributed by atoms with Gasteiger partial charge in [-0.15, -0.1) is 0 Å². The number of hydrogen-bond donors (Lipinski definition) is 1. The number of benzene rings is 2. The molecule has 1 N–H and O–H groups in total. The van der Waals surface area contributed by atoms with Crippen LogP contribution in [-0.4, -0.2) is 28.0 Å². The smallest absolute Gasteiger partial charge is 0.265 e. The van der Waals surface area contributed by atoms with Gasteiger partial charge in [0.1, 0.15) is 10.6 Å². The molecule has 0 bridgehead atoms. The first-order valence-corrected chi connectivity index (χ1v) is 10.6. The number of nitrogens with zero attached hydrogens (tertiary/aromatic N) is 1. The molecule has 2 aromatic carbocycles. The van der Waals surface area contributed by atoms with E-state index in [-0.39, 0.29) is 10.8 Å². The minimum Gasteiger partial charge on any atom is -0.495 e. The Morgan fingerprint density at radius 1 is 1.14 bits per heavy atom. The molecule has 1 aliphatic rings. The van der Waals surface area contributed by atoms with Crippen molar-refractivity contribution in [2.75, 3.05) is 23.3 Å². The van der Waals surface area contributed by atoms with E-state index in [1.807, 2.05) is 27.7 Å². The van der Waals surface area contributed by atoms with Crippen molar-refractivity contribution in [3.8, 4) is 5.75 Å². The largest absolute Gasteiger partial charge is 0.495 e. The van der Waals surface area contributed by atoms with Crippen LogP contribution in [0.5, 0.6) is 5.75 Å². The molecule has 0 aromatic heterocycles. The van der Waals surface area contributed by atoms with Crippen LogP contribution in [0.25, 0.3) is 0 Å². The maximum Gasteiger partial charge on any atom is 0.265 e. The topological polar surface area (TPSA) is 75.7 Å². The first-order valence-electron chi connectivity index (χ1n) is 9.15. The van der Waals surface area contributed by atoms with E-state index in [4.69, 9.17) is 4.74 Å². The zero-order valence-electron chi connectivity index (χ0n) is 16.9. The van der Waals surface area contributed by atoms with Gasteiger partial charge in [-0.3, -0.25) is 9.52 Å². The van der Waals surface area contributed by atoms with E-state index in [1.54, 1.807) is 41.3 Å². The Bertz CT molecular complexity index is 1020. The Labute approximate surface area is 166 Å². The SMILES string of the molecule is COc1ccc(C)cc1S(=O)(=O)Nc1ccc2c(c1)CCN2C(=O)C(C)(C)C. The van der Waals surface area contributed by atoms with E-state index >= 15 is 0 Å². The lowest BCUT2D eigenvalue weighted by molar-refractivity contribution is -0.125. The zero-order valence-corrected chi connectivity index (χ0v) is 17.7. The first-order chi connectivity index (χ1) is 13.0. The standard InChI is InChI=1S/C21H26N2O4S/c1-14-6-9-18(27-5)19(12-14)28(25,26)22-16-7-8-17-15(13-16)10-11-23(17)20(24)21(2,3)4/h6-9,12-13,22H,10-11H2,1-5H3. The van der Waals surface area contributed by atoms with Crippen molar-refractivity contribution in [1.82, 2.24) is 0 Å². The van der Waals surface area contributed by atoms with Crippen molar-refractivity contribution in [3.05, 3.63) is 47.5 Å². The fourth-order valence-corrected chi connectivity index (χ4v) is 4.59. The van der Waals surface area contributed by atoms with E-state index in [0.717, 1.165) is 16.8 Å². The van der Waals surface area contributed by atoms with Gasteiger partial charge in [0.25, 0.3) is 10.0 Å². The summed E-state index contributed by atoms with van der Waals surface area (Å²) >= 11 is 0. The summed E-state index contributed by atoms with van der Waals surface area (Å²) in [4.78, 5) is 14.5. The average molecular weight is 403 g/mol. The third-order valence-corrected chi connectivity index (χ3v) is 6.13. The van der Waals surface area contributed by atoms with Crippen LogP contribution in [0.2, 0.25) is 0 Å². The predicted octanol–water partition coefficient (Wildman–Crippen LogP) is 3.74. The molecule has 0 fully saturated rings. The van der Waals surface area contributed by atoms with Crippen LogP contribution in [0.3, 0.4) is 0 Å². The van der Waals surface area contributed by atoms with Gasteiger partial charge in [0, 0.05) is 23.3 Å². The fourth-order valence-electron chi connectivity index (χ4n) is 3.29. The Hall–Kier alpha value is -2.54. The van der Waals surface area contributed by atoms with E-state index in [2.05, 4.69) is 4.72 Å². The molecule has 2 aromatic rings. The van der Waals surface area contributed by atoms with Crippen molar-refractivity contribution < 1.29 is 17.9 Å². The van der Waals surface area contributed by atoms with Gasteiger partial charge in [0.15, 0.2) is 0 Å². The van der Waals surface area contributed by atoms with Crippen LogP contribution in [0.1, 0.15) is 31.9 Å². The molecule has 0 saturated heterocycles. The van der Waals surface area contributed by atoms with Gasteiger partial charge >= 0.3 is 0 Å². The molecule has 3 rings (SSSR count). The number of ether oxygens (including phenoxy) is 1. The number of methoxy groups -OCH3 is 1. The molecular weight excluding hydrogens is 376 g/mol. The van der Waals surface area contributed by atoms with E-state index in [0.29, 0.717) is 24.4 Å². The normalized spacial score (nSPS) is 14.0. The van der Waals surface area contributed by atoms with E-state index in [9.17, 15) is 13.2 Å². The molecule has 1 aliphatic heterocycles. The number of fused-ring (bicyclic) bond motifs is 1. The van der Waals surface area contributed by atoms with Gasteiger partial charge in [0.2, 0.25) is 5.91 Å². The monoisotopic (exact) mass is 402 g/mol. The summed E-state index contributed by atoms with van der Waals surface area (Å²) in [5, 5.41) is 0. The molecule has 0 atom stereocenters. The lowest BCUT2D eigenvalue weighted by atomic mass is 9.94. The summed E-state index contributed by atoms with van der Waals surface area (Å²) in [5.41, 5.74) is 2.62. The van der Waals surface area contributed by atoms with E-state index < -0.39 is 15.4 Å². The quantitative estimate of drug-likeness (QED) is 0.845. The minimum atomic E-state index is -3.80. The second kappa shape index (κ2) is 7.13. The summed E-state index contributed by atoms with van der Waals surface area (Å²) in [6, 6.07) is 10.3. The van der Waals surface area contributed by atoms with Crippen molar-refractivity contribution >= 4 is 27.3 Å². The Morgan fingerprint density at radius 2 is 1.86 bits per heavy atom. The van der Waals surface area contributed by atoms with Crippen LogP contribution in [0.4, 0.5) is 11.4 Å². The molecule has 0 unspecified atom stereocenters. The lowest BCUT2D eigenvalue weighted by Gasteiger charge is -2.26. The highest BCUT2D eigenvalue weighted by molar-refractivity contribution is 7.92. The number of sulfonamides is 1. The number of amides is 1. The van der Waals surface area contributed by atoms with Crippen LogP contribution < -0.4 is 14.4 Å². The number of carbonyl (C=O) groups is 1. The highest BCUT2D eigenvalue weighted by Crippen LogP contribution is 2.34. The number of carbonyl (C=O) groups excluding carboxylic acids is 1. The summed E-state index contributed by atoms with van der Waals surface area (Å²) < 4.78 is 33.6. The Balaban J connectivity index is 1.90. The molecule has 1 amide bonds. The zero-order chi connectivity index (χ0) is 20.7. The molecule has 150 valence electrons. The molecule has 0 saturated carbocycles. The predicted molar refractivity (Wildman–Crippen MR) is 110 cm³/mol. The van der Waals surface area contributed by atoms with Gasteiger partial charge < -0.3 is 9.64 Å². The fraction of sp³-hybridized carbons (Fsp3) is 0.381.